The van der Waals surface area contributed by atoms with Crippen molar-refractivity contribution in [3.8, 4) is 11.5 Å². The Hall–Kier alpha value is -1.20. The molecule has 0 unspecified atom stereocenters. The van der Waals surface area contributed by atoms with Crippen LogP contribution in [0.2, 0.25) is 0 Å². The molecule has 76 valence electrons. The summed E-state index contributed by atoms with van der Waals surface area (Å²) in [6.07, 6.45) is 0. The Labute approximate surface area is 83.3 Å². The molecular formula is C9H13BO4. The minimum atomic E-state index is -1.83. The van der Waals surface area contributed by atoms with E-state index in [1.807, 2.05) is 19.9 Å². The molecule has 0 aliphatic heterocycles. The normalized spacial score (nSPS) is 9.79. The molecule has 0 radical (unpaired) electrons. The van der Waals surface area contributed by atoms with Crippen molar-refractivity contribution in [3.63, 3.8) is 0 Å². The number of methoxy groups -OCH3 is 1. The number of hydrogen-bond donors (Lipinski definition) is 2. The lowest BCUT2D eigenvalue weighted by atomic mass is 10.1. The predicted octanol–water partition coefficient (Wildman–Crippen LogP) is 0.660. The number of rotatable bonds is 3. The van der Waals surface area contributed by atoms with Crippen LogP contribution in [0.25, 0.3) is 0 Å². The van der Waals surface area contributed by atoms with Gasteiger partial charge in [-0.25, -0.2) is 0 Å². The molecule has 0 spiro atoms. The summed E-state index contributed by atoms with van der Waals surface area (Å²) in [5, 5.41) is 17.4. The minimum absolute atomic E-state index is 0.355. The van der Waals surface area contributed by atoms with E-state index in [0.29, 0.717) is 11.5 Å². The Kier molecular flexibility index (Phi) is 3.38. The topological polar surface area (TPSA) is 58.9 Å². The van der Waals surface area contributed by atoms with E-state index < -0.39 is 7.32 Å². The molecule has 4 nitrogen and oxygen atoms in total. The Morgan fingerprint density at radius 1 is 1.21 bits per heavy atom. The van der Waals surface area contributed by atoms with Gasteiger partial charge in [0.1, 0.15) is 5.75 Å². The van der Waals surface area contributed by atoms with Crippen LogP contribution in [-0.4, -0.2) is 24.5 Å². The van der Waals surface area contributed by atoms with Crippen LogP contribution < -0.4 is 9.39 Å². The standard InChI is InChI=1S/C9H13BO4/c1-6-4-7(2)9(14-10(11)12)8(5-6)13-3/h4-5,11-12H,1-3H3. The number of aryl methyl sites for hydroxylation is 2. The van der Waals surface area contributed by atoms with Gasteiger partial charge in [-0.3, -0.25) is 0 Å². The van der Waals surface area contributed by atoms with Gasteiger partial charge in [0.15, 0.2) is 5.75 Å². The summed E-state index contributed by atoms with van der Waals surface area (Å²) in [7, 11) is -0.324. The average molecular weight is 196 g/mol. The van der Waals surface area contributed by atoms with E-state index in [9.17, 15) is 0 Å². The van der Waals surface area contributed by atoms with Crippen LogP contribution >= 0.6 is 0 Å². The predicted molar refractivity (Wildman–Crippen MR) is 53.3 cm³/mol. The van der Waals surface area contributed by atoms with Crippen molar-refractivity contribution in [2.24, 2.45) is 0 Å². The molecule has 0 aliphatic rings. The van der Waals surface area contributed by atoms with Crippen molar-refractivity contribution in [2.75, 3.05) is 7.11 Å². The van der Waals surface area contributed by atoms with Gasteiger partial charge in [-0.1, -0.05) is 6.07 Å². The lowest BCUT2D eigenvalue weighted by Crippen LogP contribution is -2.21. The second kappa shape index (κ2) is 4.35. The second-order valence-electron chi connectivity index (χ2n) is 3.06. The van der Waals surface area contributed by atoms with Crippen LogP contribution in [0.15, 0.2) is 12.1 Å². The van der Waals surface area contributed by atoms with Crippen LogP contribution in [0.5, 0.6) is 11.5 Å². The Morgan fingerprint density at radius 2 is 1.86 bits per heavy atom. The summed E-state index contributed by atoms with van der Waals surface area (Å²) >= 11 is 0. The third-order valence-corrected chi connectivity index (χ3v) is 1.83. The van der Waals surface area contributed by atoms with Crippen molar-refractivity contribution in [3.05, 3.63) is 23.3 Å². The summed E-state index contributed by atoms with van der Waals surface area (Å²) in [5.41, 5.74) is 1.83. The SMILES string of the molecule is COc1cc(C)cc(C)c1OB(O)O. The highest BCUT2D eigenvalue weighted by molar-refractivity contribution is 6.33. The van der Waals surface area contributed by atoms with Gasteiger partial charge < -0.3 is 19.4 Å². The Balaban J connectivity index is 3.11. The van der Waals surface area contributed by atoms with Gasteiger partial charge >= 0.3 is 7.32 Å². The molecule has 0 heterocycles. The first kappa shape index (κ1) is 10.9. The van der Waals surface area contributed by atoms with E-state index in [1.54, 1.807) is 6.07 Å². The molecular weight excluding hydrogens is 183 g/mol. The first-order valence-corrected chi connectivity index (χ1v) is 4.22. The van der Waals surface area contributed by atoms with E-state index >= 15 is 0 Å². The third-order valence-electron chi connectivity index (χ3n) is 1.83. The van der Waals surface area contributed by atoms with Crippen LogP contribution in [0, 0.1) is 13.8 Å². The van der Waals surface area contributed by atoms with Crippen molar-refractivity contribution in [2.45, 2.75) is 13.8 Å². The highest BCUT2D eigenvalue weighted by Crippen LogP contribution is 2.32. The van der Waals surface area contributed by atoms with Crippen molar-refractivity contribution >= 4 is 7.32 Å². The van der Waals surface area contributed by atoms with Crippen LogP contribution in [0.1, 0.15) is 11.1 Å². The lowest BCUT2D eigenvalue weighted by molar-refractivity contribution is 0.278. The van der Waals surface area contributed by atoms with E-state index in [-0.39, 0.29) is 0 Å². The Morgan fingerprint density at radius 3 is 2.36 bits per heavy atom. The first-order chi connectivity index (χ1) is 6.54. The van der Waals surface area contributed by atoms with Crippen LogP contribution in [0.4, 0.5) is 0 Å². The highest BCUT2D eigenvalue weighted by atomic mass is 16.6. The molecule has 5 heteroatoms. The van der Waals surface area contributed by atoms with Gasteiger partial charge in [0.25, 0.3) is 0 Å². The highest BCUT2D eigenvalue weighted by Gasteiger charge is 2.17. The fraction of sp³-hybridized carbons (Fsp3) is 0.333. The smallest absolute Gasteiger partial charge is 0.509 e. The molecule has 0 amide bonds. The molecule has 0 bridgehead atoms. The number of ether oxygens (including phenoxy) is 1. The number of benzene rings is 1. The maximum atomic E-state index is 8.70. The molecule has 0 saturated heterocycles. The molecule has 1 aromatic carbocycles. The second-order valence-corrected chi connectivity index (χ2v) is 3.06. The van der Waals surface area contributed by atoms with E-state index in [0.717, 1.165) is 11.1 Å². The fourth-order valence-electron chi connectivity index (χ4n) is 1.32. The molecule has 14 heavy (non-hydrogen) atoms. The molecule has 0 aliphatic carbocycles. The molecule has 0 saturated carbocycles. The molecule has 0 atom stereocenters. The molecule has 0 fully saturated rings. The zero-order valence-electron chi connectivity index (χ0n) is 8.44. The van der Waals surface area contributed by atoms with E-state index in [1.165, 1.54) is 7.11 Å². The largest absolute Gasteiger partial charge is 0.707 e. The third kappa shape index (κ3) is 2.40. The first-order valence-electron chi connectivity index (χ1n) is 4.22. The van der Waals surface area contributed by atoms with Gasteiger partial charge in [0, 0.05) is 0 Å². The Bertz CT molecular complexity index is 325. The summed E-state index contributed by atoms with van der Waals surface area (Å²) in [6.45, 7) is 3.74. The van der Waals surface area contributed by atoms with Crippen molar-refractivity contribution in [1.82, 2.24) is 0 Å². The fourth-order valence-corrected chi connectivity index (χ4v) is 1.32. The molecule has 1 rings (SSSR count). The maximum absolute atomic E-state index is 8.70. The monoisotopic (exact) mass is 196 g/mol. The molecule has 1 aromatic rings. The van der Waals surface area contributed by atoms with E-state index in [2.05, 4.69) is 0 Å². The number of hydrogen-bond acceptors (Lipinski definition) is 4. The average Bonchev–Trinajstić information content (AvgIpc) is 2.08. The van der Waals surface area contributed by atoms with Gasteiger partial charge in [0.05, 0.1) is 7.11 Å². The van der Waals surface area contributed by atoms with Crippen molar-refractivity contribution in [1.29, 1.82) is 0 Å². The zero-order chi connectivity index (χ0) is 10.7. The summed E-state index contributed by atoms with van der Waals surface area (Å²) in [6, 6.07) is 3.64. The molecule has 0 aromatic heterocycles. The maximum Gasteiger partial charge on any atom is 0.707 e. The van der Waals surface area contributed by atoms with Gasteiger partial charge in [-0.15, -0.1) is 0 Å². The zero-order valence-corrected chi connectivity index (χ0v) is 8.44. The van der Waals surface area contributed by atoms with Gasteiger partial charge in [0.2, 0.25) is 0 Å². The lowest BCUT2D eigenvalue weighted by Gasteiger charge is -2.13. The summed E-state index contributed by atoms with van der Waals surface area (Å²) in [4.78, 5) is 0. The van der Waals surface area contributed by atoms with Crippen LogP contribution in [-0.2, 0) is 0 Å². The van der Waals surface area contributed by atoms with Crippen molar-refractivity contribution < 1.29 is 19.4 Å². The van der Waals surface area contributed by atoms with Gasteiger partial charge in [-0.2, -0.15) is 0 Å². The summed E-state index contributed by atoms with van der Waals surface area (Å²) in [5.74, 6) is 0.851. The molecule has 2 N–H and O–H groups in total. The van der Waals surface area contributed by atoms with Gasteiger partial charge in [-0.05, 0) is 31.0 Å². The van der Waals surface area contributed by atoms with Crippen LogP contribution in [0.3, 0.4) is 0 Å². The summed E-state index contributed by atoms with van der Waals surface area (Å²) < 4.78 is 9.87. The minimum Gasteiger partial charge on any atom is -0.509 e. The van der Waals surface area contributed by atoms with E-state index in [4.69, 9.17) is 19.4 Å². The quantitative estimate of drug-likeness (QED) is 0.697.